The molecule has 1 aromatic heterocycles. The zero-order valence-corrected chi connectivity index (χ0v) is 20.8. The minimum absolute atomic E-state index is 0.101. The summed E-state index contributed by atoms with van der Waals surface area (Å²) >= 11 is 11.5. The second-order valence-electron chi connectivity index (χ2n) is 7.91. The average Bonchev–Trinajstić information content (AvgIpc) is 3.00. The predicted molar refractivity (Wildman–Crippen MR) is 127 cm³/mol. The van der Waals surface area contributed by atoms with Crippen LogP contribution in [-0.2, 0) is 28.4 Å². The van der Waals surface area contributed by atoms with E-state index in [4.69, 9.17) is 23.2 Å². The average molecular weight is 518 g/mol. The molecule has 0 aliphatic carbocycles. The number of hydrogen-bond donors (Lipinski definition) is 1. The predicted octanol–water partition coefficient (Wildman–Crippen LogP) is 1.13. The number of amides is 1. The van der Waals surface area contributed by atoms with Gasteiger partial charge in [-0.05, 0) is 44.6 Å². The Morgan fingerprint density at radius 2 is 1.70 bits per heavy atom. The second kappa shape index (κ2) is 9.98. The van der Waals surface area contributed by atoms with E-state index in [9.17, 15) is 22.8 Å². The summed E-state index contributed by atoms with van der Waals surface area (Å²) in [6, 6.07) is 4.57. The number of carbonyl (C=O) groups excluding carboxylic acids is 1. The van der Waals surface area contributed by atoms with Gasteiger partial charge in [0.2, 0.25) is 15.9 Å². The number of carbonyl (C=O) groups is 1. The number of likely N-dealkylation sites (N-methyl/N-ethyl adjacent to an activating group) is 1. The fourth-order valence-electron chi connectivity index (χ4n) is 3.56. The Morgan fingerprint density at radius 1 is 1.03 bits per heavy atom. The maximum atomic E-state index is 13.3. The number of aryl methyl sites for hydroxylation is 1. The van der Waals surface area contributed by atoms with Gasteiger partial charge in [0.1, 0.15) is 16.6 Å². The van der Waals surface area contributed by atoms with Crippen LogP contribution < -0.4 is 16.4 Å². The Morgan fingerprint density at radius 3 is 2.39 bits per heavy atom. The number of sulfonamides is 1. The summed E-state index contributed by atoms with van der Waals surface area (Å²) in [5.41, 5.74) is -0.721. The second-order valence-corrected chi connectivity index (χ2v) is 10.6. The highest BCUT2D eigenvalue weighted by Gasteiger charge is 2.28. The van der Waals surface area contributed by atoms with Gasteiger partial charge in [-0.3, -0.25) is 14.4 Å². The van der Waals surface area contributed by atoms with Crippen molar-refractivity contribution in [3.63, 3.8) is 0 Å². The fourth-order valence-corrected chi connectivity index (χ4v) is 5.66. The van der Waals surface area contributed by atoms with Crippen LogP contribution in [0.3, 0.4) is 0 Å². The summed E-state index contributed by atoms with van der Waals surface area (Å²) in [4.78, 5) is 39.2. The molecule has 1 aliphatic heterocycles. The highest BCUT2D eigenvalue weighted by Crippen LogP contribution is 2.24. The van der Waals surface area contributed by atoms with Gasteiger partial charge in [0, 0.05) is 32.4 Å². The number of halogens is 2. The number of nitrogens with zero attached hydrogens (tertiary/aromatic N) is 4. The molecule has 13 heteroatoms. The van der Waals surface area contributed by atoms with Gasteiger partial charge in [-0.2, -0.15) is 4.31 Å². The molecule has 0 atom stereocenters. The van der Waals surface area contributed by atoms with Crippen LogP contribution in [0.2, 0.25) is 10.0 Å². The van der Waals surface area contributed by atoms with E-state index in [-0.39, 0.29) is 10.6 Å². The van der Waals surface area contributed by atoms with Crippen LogP contribution in [0.25, 0.3) is 0 Å². The van der Waals surface area contributed by atoms with Crippen molar-refractivity contribution in [1.29, 1.82) is 0 Å². The summed E-state index contributed by atoms with van der Waals surface area (Å²) in [5, 5.41) is 1.68. The summed E-state index contributed by atoms with van der Waals surface area (Å²) in [7, 11) is -0.526. The molecule has 0 unspecified atom stereocenters. The number of aromatic nitrogens is 2. The number of nitrogens with one attached hydrogen (secondary N) is 1. The Balaban J connectivity index is 1.85. The molecule has 2 heterocycles. The molecule has 10 nitrogen and oxygen atoms in total. The third-order valence-corrected chi connectivity index (χ3v) is 8.36. The molecule has 0 radical (unpaired) electrons. The van der Waals surface area contributed by atoms with E-state index in [1.165, 1.54) is 17.4 Å². The maximum Gasteiger partial charge on any atom is 0.286 e. The third-order valence-electron chi connectivity index (χ3n) is 5.52. The van der Waals surface area contributed by atoms with Gasteiger partial charge >= 0.3 is 0 Å². The molecule has 3 rings (SSSR count). The Kier molecular flexibility index (Phi) is 7.69. The summed E-state index contributed by atoms with van der Waals surface area (Å²) < 4.78 is 29.8. The van der Waals surface area contributed by atoms with Gasteiger partial charge in [0.15, 0.2) is 0 Å². The lowest BCUT2D eigenvalue weighted by Crippen LogP contribution is -2.40. The van der Waals surface area contributed by atoms with Gasteiger partial charge in [0.05, 0.1) is 4.90 Å². The number of benzene rings is 1. The molecule has 0 bridgehead atoms. The van der Waals surface area contributed by atoms with Gasteiger partial charge in [0.25, 0.3) is 11.1 Å². The lowest BCUT2D eigenvalue weighted by molar-refractivity contribution is -0.117. The Hall–Kier alpha value is -2.18. The molecular weight excluding hydrogens is 493 g/mol. The number of hydrogen-bond acceptors (Lipinski definition) is 6. The van der Waals surface area contributed by atoms with E-state index in [1.54, 1.807) is 19.1 Å². The van der Waals surface area contributed by atoms with Crippen molar-refractivity contribution in [3.05, 3.63) is 54.5 Å². The topological polar surface area (TPSA) is 114 Å². The van der Waals surface area contributed by atoms with Crippen molar-refractivity contribution in [2.75, 3.05) is 38.5 Å². The van der Waals surface area contributed by atoms with E-state index in [0.29, 0.717) is 25.2 Å². The molecule has 2 aromatic rings. The maximum absolute atomic E-state index is 13.3. The first-order valence-corrected chi connectivity index (χ1v) is 12.4. The summed E-state index contributed by atoms with van der Waals surface area (Å²) in [6.07, 6.45) is 0.725. The van der Waals surface area contributed by atoms with Gasteiger partial charge < -0.3 is 10.2 Å². The van der Waals surface area contributed by atoms with Crippen molar-refractivity contribution in [2.24, 2.45) is 7.05 Å². The fraction of sp³-hybridized carbons (Fsp3) is 0.450. The first-order chi connectivity index (χ1) is 15.4. The monoisotopic (exact) mass is 517 g/mol. The minimum atomic E-state index is -3.76. The van der Waals surface area contributed by atoms with Crippen LogP contribution in [0.5, 0.6) is 0 Å². The summed E-state index contributed by atoms with van der Waals surface area (Å²) in [5.74, 6) is -0.644. The lowest BCUT2D eigenvalue weighted by Gasteiger charge is -2.22. The van der Waals surface area contributed by atoms with E-state index < -0.39 is 43.6 Å². The first-order valence-electron chi connectivity index (χ1n) is 10.2. The zero-order chi connectivity index (χ0) is 24.5. The van der Waals surface area contributed by atoms with Crippen molar-refractivity contribution in [3.8, 4) is 0 Å². The Labute approximate surface area is 201 Å². The molecule has 1 amide bonds. The van der Waals surface area contributed by atoms with Crippen LogP contribution in [0.15, 0.2) is 32.7 Å². The van der Waals surface area contributed by atoms with E-state index >= 15 is 0 Å². The molecule has 33 heavy (non-hydrogen) atoms. The van der Waals surface area contributed by atoms with Crippen LogP contribution in [0, 0.1) is 6.92 Å². The standard InChI is InChI=1S/C20H25Cl2N5O5S/c1-13-5-6-14(11-15(13)33(31,32)26-8-4-7-24(2)9-10-26)23-16(28)12-27-20(30)18(22)17(21)19(29)25(27)3/h5-6,11H,4,7-10,12H2,1-3H3,(H,23,28). The Bertz CT molecular complexity index is 1310. The molecule has 0 spiro atoms. The molecule has 0 saturated carbocycles. The third kappa shape index (κ3) is 5.33. The molecule has 1 fully saturated rings. The molecule has 1 saturated heterocycles. The molecule has 180 valence electrons. The van der Waals surface area contributed by atoms with E-state index in [1.807, 2.05) is 7.05 Å². The van der Waals surface area contributed by atoms with Gasteiger partial charge in [-0.25, -0.2) is 17.8 Å². The number of anilines is 1. The minimum Gasteiger partial charge on any atom is -0.324 e. The van der Waals surface area contributed by atoms with E-state index in [2.05, 4.69) is 10.2 Å². The molecular formula is C20H25Cl2N5O5S. The SMILES string of the molecule is Cc1ccc(NC(=O)Cn2c(=O)c(Cl)c(Cl)c(=O)n2C)cc1S(=O)(=O)N1CCCN(C)CC1. The molecule has 1 N–H and O–H groups in total. The van der Waals surface area contributed by atoms with Crippen LogP contribution in [0.4, 0.5) is 5.69 Å². The smallest absolute Gasteiger partial charge is 0.286 e. The normalized spacial score (nSPS) is 15.9. The van der Waals surface area contributed by atoms with Gasteiger partial charge in [-0.15, -0.1) is 0 Å². The highest BCUT2D eigenvalue weighted by atomic mass is 35.5. The van der Waals surface area contributed by atoms with Gasteiger partial charge in [-0.1, -0.05) is 29.3 Å². The van der Waals surface area contributed by atoms with Crippen molar-refractivity contribution < 1.29 is 13.2 Å². The van der Waals surface area contributed by atoms with Crippen molar-refractivity contribution >= 4 is 44.8 Å². The number of rotatable bonds is 5. The highest BCUT2D eigenvalue weighted by molar-refractivity contribution is 7.89. The van der Waals surface area contributed by atoms with Crippen LogP contribution in [-0.4, -0.2) is 66.1 Å². The molecule has 1 aromatic carbocycles. The first kappa shape index (κ1) is 25.4. The van der Waals surface area contributed by atoms with E-state index in [0.717, 1.165) is 22.3 Å². The van der Waals surface area contributed by atoms with Crippen LogP contribution in [0.1, 0.15) is 12.0 Å². The quantitative estimate of drug-likeness (QED) is 0.635. The van der Waals surface area contributed by atoms with Crippen LogP contribution >= 0.6 is 23.2 Å². The van der Waals surface area contributed by atoms with Crippen molar-refractivity contribution in [1.82, 2.24) is 18.6 Å². The lowest BCUT2D eigenvalue weighted by atomic mass is 10.2. The van der Waals surface area contributed by atoms with Crippen molar-refractivity contribution in [2.45, 2.75) is 24.8 Å². The molecule has 1 aliphatic rings. The summed E-state index contributed by atoms with van der Waals surface area (Å²) in [6.45, 7) is 3.41. The largest absolute Gasteiger partial charge is 0.324 e. The zero-order valence-electron chi connectivity index (χ0n) is 18.5.